The molecule has 1 unspecified atom stereocenters. The van der Waals surface area contributed by atoms with Crippen LogP contribution in [0.2, 0.25) is 0 Å². The molecule has 2 heterocycles. The first-order valence-corrected chi connectivity index (χ1v) is 8.72. The van der Waals surface area contributed by atoms with E-state index in [1.807, 2.05) is 62.0 Å². The first-order valence-electron chi connectivity index (χ1n) is 8.72. The maximum absolute atomic E-state index is 12.6. The van der Waals surface area contributed by atoms with Gasteiger partial charge in [-0.05, 0) is 45.4 Å². The van der Waals surface area contributed by atoms with Crippen molar-refractivity contribution in [3.63, 3.8) is 0 Å². The van der Waals surface area contributed by atoms with Gasteiger partial charge in [0.05, 0.1) is 17.1 Å². The highest BCUT2D eigenvalue weighted by Gasteiger charge is 2.12. The summed E-state index contributed by atoms with van der Waals surface area (Å²) in [5.74, 6) is -0.0851. The van der Waals surface area contributed by atoms with Crippen molar-refractivity contribution < 1.29 is 4.79 Å². The molecule has 1 amide bonds. The number of rotatable bonds is 6. The minimum absolute atomic E-state index is 0.0517. The lowest BCUT2D eigenvalue weighted by Gasteiger charge is -2.14. The molecule has 0 aliphatic heterocycles. The zero-order valence-electron chi connectivity index (χ0n) is 15.3. The lowest BCUT2D eigenvalue weighted by molar-refractivity contribution is 0.0937. The second kappa shape index (κ2) is 7.91. The summed E-state index contributed by atoms with van der Waals surface area (Å²) in [5, 5.41) is 7.22. The van der Waals surface area contributed by atoms with Gasteiger partial charge in [0, 0.05) is 42.3 Å². The second-order valence-corrected chi connectivity index (χ2v) is 6.46. The van der Waals surface area contributed by atoms with E-state index >= 15 is 0 Å². The van der Waals surface area contributed by atoms with Crippen molar-refractivity contribution in [1.29, 1.82) is 0 Å². The molecular weight excluding hydrogens is 326 g/mol. The highest BCUT2D eigenvalue weighted by molar-refractivity contribution is 5.95. The number of nitrogens with one attached hydrogen (secondary N) is 1. The number of hydrogen-bond donors (Lipinski definition) is 1. The van der Waals surface area contributed by atoms with Gasteiger partial charge >= 0.3 is 0 Å². The van der Waals surface area contributed by atoms with E-state index in [1.165, 1.54) is 0 Å². The molecule has 3 rings (SSSR count). The molecule has 0 aliphatic rings. The number of aryl methyl sites for hydroxylation is 3. The Morgan fingerprint density at radius 1 is 1.27 bits per heavy atom. The van der Waals surface area contributed by atoms with Gasteiger partial charge in [0.2, 0.25) is 0 Å². The molecule has 1 atom stereocenters. The number of aromatic nitrogens is 4. The number of hydrogen-bond acceptors (Lipinski definition) is 4. The van der Waals surface area contributed by atoms with E-state index in [2.05, 4.69) is 20.4 Å². The van der Waals surface area contributed by atoms with E-state index in [0.717, 1.165) is 35.6 Å². The van der Waals surface area contributed by atoms with E-state index in [9.17, 15) is 4.79 Å². The Labute approximate surface area is 153 Å². The van der Waals surface area contributed by atoms with Gasteiger partial charge in [-0.3, -0.25) is 14.5 Å². The van der Waals surface area contributed by atoms with Crippen LogP contribution >= 0.6 is 0 Å². The summed E-state index contributed by atoms with van der Waals surface area (Å²) >= 11 is 0. The monoisotopic (exact) mass is 349 g/mol. The van der Waals surface area contributed by atoms with Crippen LogP contribution in [0.3, 0.4) is 0 Å². The zero-order valence-corrected chi connectivity index (χ0v) is 15.3. The Bertz CT molecular complexity index is 889. The summed E-state index contributed by atoms with van der Waals surface area (Å²) in [4.78, 5) is 21.5. The predicted octanol–water partition coefficient (Wildman–Crippen LogP) is 3.17. The minimum atomic E-state index is -0.0851. The predicted molar refractivity (Wildman–Crippen MR) is 101 cm³/mol. The van der Waals surface area contributed by atoms with Crippen LogP contribution in [0.5, 0.6) is 0 Å². The molecule has 0 saturated carbocycles. The van der Waals surface area contributed by atoms with E-state index in [1.54, 1.807) is 12.4 Å². The van der Waals surface area contributed by atoms with Crippen molar-refractivity contribution in [3.05, 3.63) is 65.9 Å². The summed E-state index contributed by atoms with van der Waals surface area (Å²) < 4.78 is 1.86. The molecule has 1 aromatic carbocycles. The summed E-state index contributed by atoms with van der Waals surface area (Å²) in [6.07, 6.45) is 6.24. The molecule has 0 bridgehead atoms. The topological polar surface area (TPSA) is 72.7 Å². The normalized spacial score (nSPS) is 12.0. The van der Waals surface area contributed by atoms with Crippen LogP contribution in [0.25, 0.3) is 11.3 Å². The average molecular weight is 349 g/mol. The van der Waals surface area contributed by atoms with Crippen LogP contribution in [0, 0.1) is 13.8 Å². The Balaban J connectivity index is 1.69. The fourth-order valence-corrected chi connectivity index (χ4v) is 2.76. The van der Waals surface area contributed by atoms with E-state index in [4.69, 9.17) is 0 Å². The van der Waals surface area contributed by atoms with Crippen LogP contribution in [-0.2, 0) is 6.54 Å². The van der Waals surface area contributed by atoms with Crippen molar-refractivity contribution >= 4 is 5.91 Å². The fourth-order valence-electron chi connectivity index (χ4n) is 2.76. The fraction of sp³-hybridized carbons (Fsp3) is 0.300. The van der Waals surface area contributed by atoms with E-state index in [0.29, 0.717) is 5.56 Å². The SMILES string of the molecule is Cc1cnc(C)c(-c2cccc(C(=O)NC(C)CCn3cccn3)c2)n1. The second-order valence-electron chi connectivity index (χ2n) is 6.46. The summed E-state index contributed by atoms with van der Waals surface area (Å²) in [6, 6.07) is 9.46. The van der Waals surface area contributed by atoms with Crippen LogP contribution in [0.1, 0.15) is 35.1 Å². The van der Waals surface area contributed by atoms with Crippen molar-refractivity contribution in [2.75, 3.05) is 0 Å². The van der Waals surface area contributed by atoms with Crippen molar-refractivity contribution in [2.45, 2.75) is 39.8 Å². The number of amides is 1. The molecule has 6 heteroatoms. The summed E-state index contributed by atoms with van der Waals surface area (Å²) in [6.45, 7) is 6.60. The highest BCUT2D eigenvalue weighted by atomic mass is 16.1. The zero-order chi connectivity index (χ0) is 18.5. The molecule has 0 aliphatic carbocycles. The molecule has 0 radical (unpaired) electrons. The van der Waals surface area contributed by atoms with Crippen LogP contribution < -0.4 is 5.32 Å². The maximum Gasteiger partial charge on any atom is 0.251 e. The number of nitrogens with zero attached hydrogens (tertiary/aromatic N) is 4. The molecule has 134 valence electrons. The maximum atomic E-state index is 12.6. The molecule has 0 fully saturated rings. The van der Waals surface area contributed by atoms with Crippen LogP contribution in [0.4, 0.5) is 0 Å². The van der Waals surface area contributed by atoms with Gasteiger partial charge in [-0.1, -0.05) is 12.1 Å². The Hall–Kier alpha value is -3.02. The molecular formula is C20H23N5O. The molecule has 6 nitrogen and oxygen atoms in total. The van der Waals surface area contributed by atoms with Gasteiger partial charge in [-0.2, -0.15) is 5.10 Å². The Morgan fingerprint density at radius 2 is 2.12 bits per heavy atom. The molecule has 3 aromatic rings. The molecule has 0 saturated heterocycles. The number of carbonyl (C=O) groups is 1. The molecule has 2 aromatic heterocycles. The smallest absolute Gasteiger partial charge is 0.251 e. The average Bonchev–Trinajstić information content (AvgIpc) is 3.16. The molecule has 1 N–H and O–H groups in total. The first kappa shape index (κ1) is 17.8. The Morgan fingerprint density at radius 3 is 2.88 bits per heavy atom. The first-order chi connectivity index (χ1) is 12.5. The van der Waals surface area contributed by atoms with Gasteiger partial charge in [0.1, 0.15) is 0 Å². The number of carbonyl (C=O) groups excluding carboxylic acids is 1. The van der Waals surface area contributed by atoms with Gasteiger partial charge < -0.3 is 5.32 Å². The lowest BCUT2D eigenvalue weighted by atomic mass is 10.1. The Kier molecular flexibility index (Phi) is 5.41. The standard InChI is InChI=1S/C20H23N5O/c1-14(8-11-25-10-5-9-22-25)24-20(26)18-7-4-6-17(12-18)19-16(3)21-13-15(2)23-19/h4-7,9-10,12-14H,8,11H2,1-3H3,(H,24,26). The third-order valence-corrected chi connectivity index (χ3v) is 4.20. The van der Waals surface area contributed by atoms with Gasteiger partial charge in [-0.15, -0.1) is 0 Å². The number of benzene rings is 1. The highest BCUT2D eigenvalue weighted by Crippen LogP contribution is 2.21. The summed E-state index contributed by atoms with van der Waals surface area (Å²) in [7, 11) is 0. The van der Waals surface area contributed by atoms with E-state index in [-0.39, 0.29) is 11.9 Å². The van der Waals surface area contributed by atoms with Crippen molar-refractivity contribution in [2.24, 2.45) is 0 Å². The third-order valence-electron chi connectivity index (χ3n) is 4.20. The van der Waals surface area contributed by atoms with Gasteiger partial charge in [0.15, 0.2) is 0 Å². The third kappa shape index (κ3) is 4.33. The van der Waals surface area contributed by atoms with Gasteiger partial charge in [-0.25, -0.2) is 4.98 Å². The largest absolute Gasteiger partial charge is 0.350 e. The van der Waals surface area contributed by atoms with Crippen molar-refractivity contribution in [1.82, 2.24) is 25.1 Å². The molecule has 0 spiro atoms. The quantitative estimate of drug-likeness (QED) is 0.742. The minimum Gasteiger partial charge on any atom is -0.350 e. The lowest BCUT2D eigenvalue weighted by Crippen LogP contribution is -2.33. The van der Waals surface area contributed by atoms with Crippen molar-refractivity contribution in [3.8, 4) is 11.3 Å². The van der Waals surface area contributed by atoms with Gasteiger partial charge in [0.25, 0.3) is 5.91 Å². The van der Waals surface area contributed by atoms with E-state index < -0.39 is 0 Å². The van der Waals surface area contributed by atoms with Crippen LogP contribution in [0.15, 0.2) is 48.9 Å². The summed E-state index contributed by atoms with van der Waals surface area (Å²) in [5.41, 5.74) is 4.03. The molecule has 26 heavy (non-hydrogen) atoms. The van der Waals surface area contributed by atoms with Crippen LogP contribution in [-0.4, -0.2) is 31.7 Å².